The summed E-state index contributed by atoms with van der Waals surface area (Å²) in [6.45, 7) is 4.01. The van der Waals surface area contributed by atoms with Crippen molar-refractivity contribution in [2.75, 3.05) is 18.0 Å². The van der Waals surface area contributed by atoms with Gasteiger partial charge in [-0.15, -0.1) is 0 Å². The summed E-state index contributed by atoms with van der Waals surface area (Å²) < 4.78 is 80.8. The molecule has 4 nitrogen and oxygen atoms in total. The number of sulfonamides is 1. The molecule has 0 saturated carbocycles. The first-order chi connectivity index (χ1) is 14.5. The highest BCUT2D eigenvalue weighted by atomic mass is 32.2. The van der Waals surface area contributed by atoms with Gasteiger partial charge in [0.2, 0.25) is 10.0 Å². The normalized spacial score (nSPS) is 22.6. The van der Waals surface area contributed by atoms with Gasteiger partial charge in [-0.1, -0.05) is 6.07 Å². The Bertz CT molecular complexity index is 1090. The zero-order valence-electron chi connectivity index (χ0n) is 17.3. The second-order valence-electron chi connectivity index (χ2n) is 8.38. The van der Waals surface area contributed by atoms with Crippen molar-refractivity contribution in [1.82, 2.24) is 4.31 Å². The third-order valence-electron chi connectivity index (χ3n) is 6.11. The second-order valence-corrected chi connectivity index (χ2v) is 10.2. The van der Waals surface area contributed by atoms with E-state index in [0.29, 0.717) is 5.69 Å². The number of rotatable bonds is 3. The molecule has 0 radical (unpaired) electrons. The lowest BCUT2D eigenvalue weighted by Crippen LogP contribution is -2.58. The van der Waals surface area contributed by atoms with Gasteiger partial charge in [0.25, 0.3) is 0 Å². The van der Waals surface area contributed by atoms with Crippen LogP contribution in [0, 0.1) is 5.82 Å². The predicted octanol–water partition coefficient (Wildman–Crippen LogP) is 4.62. The maximum atomic E-state index is 14.0. The number of hydrogen-bond acceptors (Lipinski definition) is 3. The first kappa shape index (κ1) is 22.1. The van der Waals surface area contributed by atoms with Crippen LogP contribution >= 0.6 is 0 Å². The fourth-order valence-electron chi connectivity index (χ4n) is 4.75. The van der Waals surface area contributed by atoms with E-state index in [9.17, 15) is 26.0 Å². The maximum absolute atomic E-state index is 14.0. The zero-order chi connectivity index (χ0) is 22.6. The maximum Gasteiger partial charge on any atom is 0.419 e. The van der Waals surface area contributed by atoms with Crippen molar-refractivity contribution in [3.8, 4) is 0 Å². The van der Waals surface area contributed by atoms with Crippen LogP contribution in [0.2, 0.25) is 0 Å². The molecule has 0 aromatic heterocycles. The van der Waals surface area contributed by atoms with Crippen LogP contribution in [-0.2, 0) is 29.0 Å². The molecule has 168 valence electrons. The van der Waals surface area contributed by atoms with Crippen LogP contribution in [0.4, 0.5) is 23.2 Å². The van der Waals surface area contributed by atoms with Gasteiger partial charge in [-0.3, -0.25) is 0 Å². The van der Waals surface area contributed by atoms with Crippen molar-refractivity contribution in [3.05, 3.63) is 58.9 Å². The summed E-state index contributed by atoms with van der Waals surface area (Å²) in [6, 6.07) is 7.24. The highest BCUT2D eigenvalue weighted by Gasteiger charge is 2.39. The van der Waals surface area contributed by atoms with Crippen LogP contribution in [0.25, 0.3) is 0 Å². The van der Waals surface area contributed by atoms with Crippen molar-refractivity contribution in [2.45, 2.75) is 56.3 Å². The van der Waals surface area contributed by atoms with E-state index < -0.39 is 39.7 Å². The summed E-state index contributed by atoms with van der Waals surface area (Å²) in [5.41, 5.74) is 1.25. The number of halogens is 4. The lowest BCUT2D eigenvalue weighted by molar-refractivity contribution is -0.139. The van der Waals surface area contributed by atoms with Gasteiger partial charge in [-0.05, 0) is 74.6 Å². The molecular weight excluding hydrogens is 432 g/mol. The van der Waals surface area contributed by atoms with Gasteiger partial charge in [0, 0.05) is 30.9 Å². The van der Waals surface area contributed by atoms with Gasteiger partial charge in [-0.2, -0.15) is 17.5 Å². The summed E-state index contributed by atoms with van der Waals surface area (Å²) in [7, 11) is -3.74. The van der Waals surface area contributed by atoms with Crippen LogP contribution in [0.1, 0.15) is 37.0 Å². The Morgan fingerprint density at radius 3 is 2.19 bits per heavy atom. The molecule has 1 heterocycles. The molecule has 0 N–H and O–H groups in total. The standard InChI is InChI=1S/C22H24F4N2O2S/c1-14-12-27(18-7-9-20(21(23)11-18)22(24,25)26)13-15(2)28(14)31(29,30)19-8-6-16-4-3-5-17(16)10-19/h6-11,14-15H,3-5,12-13H2,1-2H3/t14-,15+. The molecule has 0 bridgehead atoms. The number of benzene rings is 2. The fourth-order valence-corrected chi connectivity index (χ4v) is 6.61. The minimum atomic E-state index is -4.76. The second kappa shape index (κ2) is 7.78. The number of alkyl halides is 3. The monoisotopic (exact) mass is 456 g/mol. The highest BCUT2D eigenvalue weighted by molar-refractivity contribution is 7.89. The lowest BCUT2D eigenvalue weighted by Gasteiger charge is -2.44. The highest BCUT2D eigenvalue weighted by Crippen LogP contribution is 2.35. The van der Waals surface area contributed by atoms with Crippen molar-refractivity contribution in [2.24, 2.45) is 0 Å². The van der Waals surface area contributed by atoms with Crippen LogP contribution in [0.15, 0.2) is 41.3 Å². The lowest BCUT2D eigenvalue weighted by atomic mass is 10.1. The quantitative estimate of drug-likeness (QED) is 0.633. The molecule has 2 aromatic carbocycles. The predicted molar refractivity (Wildman–Crippen MR) is 110 cm³/mol. The molecule has 4 rings (SSSR count). The van der Waals surface area contributed by atoms with E-state index in [4.69, 9.17) is 0 Å². The molecule has 2 aromatic rings. The van der Waals surface area contributed by atoms with Crippen LogP contribution in [0.3, 0.4) is 0 Å². The average molecular weight is 457 g/mol. The summed E-state index contributed by atoms with van der Waals surface area (Å²) in [4.78, 5) is 1.99. The average Bonchev–Trinajstić information content (AvgIpc) is 3.14. The number of piperazine rings is 1. The third-order valence-corrected chi connectivity index (χ3v) is 8.23. The Morgan fingerprint density at radius 1 is 0.935 bits per heavy atom. The molecule has 2 aliphatic rings. The summed E-state index contributed by atoms with van der Waals surface area (Å²) >= 11 is 0. The van der Waals surface area contributed by atoms with Crippen molar-refractivity contribution in [1.29, 1.82) is 0 Å². The molecule has 1 aliphatic carbocycles. The fraction of sp³-hybridized carbons (Fsp3) is 0.455. The first-order valence-electron chi connectivity index (χ1n) is 10.3. The molecule has 1 aliphatic heterocycles. The topological polar surface area (TPSA) is 40.6 Å². The molecule has 1 saturated heterocycles. The van der Waals surface area contributed by atoms with Gasteiger partial charge in [0.1, 0.15) is 5.82 Å². The molecule has 2 atom stereocenters. The van der Waals surface area contributed by atoms with E-state index in [-0.39, 0.29) is 18.0 Å². The SMILES string of the molecule is C[C@@H]1CN(c2ccc(C(F)(F)F)c(F)c2)C[C@H](C)N1S(=O)(=O)c1ccc2c(c1)CCC2. The summed E-state index contributed by atoms with van der Waals surface area (Å²) in [6.07, 6.45) is -1.90. The van der Waals surface area contributed by atoms with Crippen molar-refractivity contribution >= 4 is 15.7 Å². The van der Waals surface area contributed by atoms with Crippen LogP contribution in [0.5, 0.6) is 0 Å². The van der Waals surface area contributed by atoms with Gasteiger partial charge in [0.15, 0.2) is 0 Å². The van der Waals surface area contributed by atoms with E-state index in [1.54, 1.807) is 30.9 Å². The molecule has 31 heavy (non-hydrogen) atoms. The smallest absolute Gasteiger partial charge is 0.368 e. The Hall–Kier alpha value is -2.13. The minimum Gasteiger partial charge on any atom is -0.368 e. The van der Waals surface area contributed by atoms with Gasteiger partial charge in [0.05, 0.1) is 10.5 Å². The third kappa shape index (κ3) is 4.05. The number of aryl methyl sites for hydroxylation is 2. The van der Waals surface area contributed by atoms with Crippen LogP contribution < -0.4 is 4.90 Å². The molecule has 0 unspecified atom stereocenters. The Balaban J connectivity index is 1.58. The van der Waals surface area contributed by atoms with Gasteiger partial charge < -0.3 is 4.90 Å². The molecule has 0 spiro atoms. The number of nitrogens with zero attached hydrogens (tertiary/aromatic N) is 2. The number of fused-ring (bicyclic) bond motifs is 1. The largest absolute Gasteiger partial charge is 0.419 e. The summed E-state index contributed by atoms with van der Waals surface area (Å²) in [5.74, 6) is -1.33. The van der Waals surface area contributed by atoms with E-state index in [2.05, 4.69) is 0 Å². The van der Waals surface area contributed by atoms with Crippen molar-refractivity contribution < 1.29 is 26.0 Å². The van der Waals surface area contributed by atoms with Gasteiger partial charge >= 0.3 is 6.18 Å². The zero-order valence-corrected chi connectivity index (χ0v) is 18.1. The van der Waals surface area contributed by atoms with E-state index in [1.165, 1.54) is 15.9 Å². The molecule has 9 heteroatoms. The Morgan fingerprint density at radius 2 is 1.58 bits per heavy atom. The molecular formula is C22H24F4N2O2S. The number of hydrogen-bond donors (Lipinski definition) is 0. The van der Waals surface area contributed by atoms with E-state index >= 15 is 0 Å². The first-order valence-corrected chi connectivity index (χ1v) is 11.7. The minimum absolute atomic E-state index is 0.249. The molecule has 1 fully saturated rings. The number of anilines is 1. The van der Waals surface area contributed by atoms with E-state index in [0.717, 1.165) is 37.0 Å². The summed E-state index contributed by atoms with van der Waals surface area (Å²) in [5, 5.41) is 0. The van der Waals surface area contributed by atoms with Gasteiger partial charge in [-0.25, -0.2) is 12.8 Å². The molecule has 0 amide bonds. The van der Waals surface area contributed by atoms with Crippen LogP contribution in [-0.4, -0.2) is 37.9 Å². The van der Waals surface area contributed by atoms with E-state index in [1.807, 2.05) is 6.07 Å². The Labute approximate surface area is 179 Å². The van der Waals surface area contributed by atoms with Crippen molar-refractivity contribution in [3.63, 3.8) is 0 Å². The Kier molecular flexibility index (Phi) is 5.54.